The van der Waals surface area contributed by atoms with E-state index in [1.165, 1.54) is 25.3 Å². The summed E-state index contributed by atoms with van der Waals surface area (Å²) < 4.78 is 16.1. The Kier molecular flexibility index (Phi) is 3.97. The van der Waals surface area contributed by atoms with E-state index < -0.39 is 0 Å². The molecule has 2 nitrogen and oxygen atoms in total. The number of benzene rings is 1. The number of fused-ring (bicyclic) bond motifs is 1. The zero-order chi connectivity index (χ0) is 14.1. The third-order valence-corrected chi connectivity index (χ3v) is 4.69. The number of hydrogen-bond donors (Lipinski definition) is 0. The average Bonchev–Trinajstić information content (AvgIpc) is 2.70. The van der Waals surface area contributed by atoms with Gasteiger partial charge in [-0.05, 0) is 37.3 Å². The summed E-state index contributed by atoms with van der Waals surface area (Å²) in [5.41, 5.74) is 1.35. The molecule has 1 aliphatic carbocycles. The fraction of sp³-hybridized carbons (Fsp3) is 0.562. The fourth-order valence-electron chi connectivity index (χ4n) is 3.36. The van der Waals surface area contributed by atoms with Crippen LogP contribution in [-0.2, 0) is 5.88 Å². The molecule has 1 aliphatic rings. The minimum Gasteiger partial charge on any atom is -0.324 e. The molecule has 2 aromatic rings. The zero-order valence-corrected chi connectivity index (χ0v) is 12.5. The summed E-state index contributed by atoms with van der Waals surface area (Å²) in [7, 11) is 0. The van der Waals surface area contributed by atoms with Crippen molar-refractivity contribution in [2.75, 3.05) is 0 Å². The Balaban J connectivity index is 2.07. The van der Waals surface area contributed by atoms with E-state index >= 15 is 0 Å². The summed E-state index contributed by atoms with van der Waals surface area (Å²) in [5, 5.41) is 0. The van der Waals surface area contributed by atoms with Gasteiger partial charge in [-0.25, -0.2) is 9.37 Å². The average molecular weight is 295 g/mol. The van der Waals surface area contributed by atoms with Crippen molar-refractivity contribution >= 4 is 22.6 Å². The van der Waals surface area contributed by atoms with Gasteiger partial charge >= 0.3 is 0 Å². The van der Waals surface area contributed by atoms with Gasteiger partial charge < -0.3 is 4.57 Å². The number of rotatable bonds is 2. The first-order valence-electron chi connectivity index (χ1n) is 7.42. The SMILES string of the molecule is CC1CCCC(n2c(CCl)nc3c(F)cccc32)CC1. The molecule has 4 heteroatoms. The molecule has 1 aromatic carbocycles. The summed E-state index contributed by atoms with van der Waals surface area (Å²) in [5.74, 6) is 1.66. The number of nitrogens with zero attached hydrogens (tertiary/aromatic N) is 2. The van der Waals surface area contributed by atoms with Gasteiger partial charge in [-0.1, -0.05) is 25.8 Å². The first-order chi connectivity index (χ1) is 9.70. The van der Waals surface area contributed by atoms with Gasteiger partial charge in [0.15, 0.2) is 5.82 Å². The first-order valence-corrected chi connectivity index (χ1v) is 7.95. The van der Waals surface area contributed by atoms with Crippen LogP contribution in [0.25, 0.3) is 11.0 Å². The molecule has 0 saturated heterocycles. The van der Waals surface area contributed by atoms with Gasteiger partial charge in [-0.15, -0.1) is 11.6 Å². The number of alkyl halides is 1. The molecule has 0 amide bonds. The van der Waals surface area contributed by atoms with Crippen molar-refractivity contribution < 1.29 is 4.39 Å². The Labute approximate surface area is 123 Å². The molecule has 1 aromatic heterocycles. The van der Waals surface area contributed by atoms with Gasteiger partial charge in [-0.3, -0.25) is 0 Å². The molecule has 0 spiro atoms. The number of hydrogen-bond acceptors (Lipinski definition) is 1. The lowest BCUT2D eigenvalue weighted by atomic mass is 10.0. The Morgan fingerprint density at radius 1 is 1.30 bits per heavy atom. The third kappa shape index (κ3) is 2.44. The molecule has 2 unspecified atom stereocenters. The fourth-order valence-corrected chi connectivity index (χ4v) is 3.55. The van der Waals surface area contributed by atoms with Crippen molar-refractivity contribution in [3.8, 4) is 0 Å². The van der Waals surface area contributed by atoms with Gasteiger partial charge in [0.2, 0.25) is 0 Å². The summed E-state index contributed by atoms with van der Waals surface area (Å²) in [6, 6.07) is 5.58. The highest BCUT2D eigenvalue weighted by atomic mass is 35.5. The predicted molar refractivity (Wildman–Crippen MR) is 80.5 cm³/mol. The number of aromatic nitrogens is 2. The number of halogens is 2. The molecular weight excluding hydrogens is 275 g/mol. The summed E-state index contributed by atoms with van der Waals surface area (Å²) in [4.78, 5) is 4.41. The number of para-hydroxylation sites is 1. The molecule has 1 fully saturated rings. The lowest BCUT2D eigenvalue weighted by molar-refractivity contribution is 0.433. The van der Waals surface area contributed by atoms with Gasteiger partial charge in [0.05, 0.1) is 11.4 Å². The van der Waals surface area contributed by atoms with Crippen LogP contribution in [0.5, 0.6) is 0 Å². The molecule has 0 aliphatic heterocycles. The van der Waals surface area contributed by atoms with Crippen molar-refractivity contribution in [3.05, 3.63) is 29.8 Å². The lowest BCUT2D eigenvalue weighted by Crippen LogP contribution is -2.11. The van der Waals surface area contributed by atoms with Crippen LogP contribution in [0.1, 0.15) is 50.9 Å². The molecule has 3 rings (SSSR count). The maximum atomic E-state index is 13.9. The molecule has 0 bridgehead atoms. The van der Waals surface area contributed by atoms with Crippen LogP contribution in [0, 0.1) is 11.7 Å². The van der Waals surface area contributed by atoms with Gasteiger partial charge in [0, 0.05) is 6.04 Å². The largest absolute Gasteiger partial charge is 0.324 e. The number of imidazole rings is 1. The molecule has 1 saturated carbocycles. The van der Waals surface area contributed by atoms with Crippen LogP contribution in [0.3, 0.4) is 0 Å². The van der Waals surface area contributed by atoms with Crippen LogP contribution in [0.15, 0.2) is 18.2 Å². The maximum absolute atomic E-state index is 13.9. The van der Waals surface area contributed by atoms with Crippen molar-refractivity contribution in [2.24, 2.45) is 5.92 Å². The van der Waals surface area contributed by atoms with Crippen LogP contribution in [0.2, 0.25) is 0 Å². The highest BCUT2D eigenvalue weighted by Gasteiger charge is 2.23. The second-order valence-corrected chi connectivity index (χ2v) is 6.17. The van der Waals surface area contributed by atoms with Crippen molar-refractivity contribution in [2.45, 2.75) is 50.9 Å². The van der Waals surface area contributed by atoms with E-state index in [1.54, 1.807) is 6.07 Å². The van der Waals surface area contributed by atoms with Crippen molar-refractivity contribution in [3.63, 3.8) is 0 Å². The first kappa shape index (κ1) is 13.9. The van der Waals surface area contributed by atoms with Crippen molar-refractivity contribution in [1.82, 2.24) is 9.55 Å². The molecule has 108 valence electrons. The van der Waals surface area contributed by atoms with Crippen LogP contribution in [0.4, 0.5) is 4.39 Å². The van der Waals surface area contributed by atoms with E-state index in [2.05, 4.69) is 16.5 Å². The summed E-state index contributed by atoms with van der Waals surface area (Å²) >= 11 is 6.04. The highest BCUT2D eigenvalue weighted by molar-refractivity contribution is 6.16. The molecule has 0 N–H and O–H groups in total. The van der Waals surface area contributed by atoms with Crippen LogP contribution in [-0.4, -0.2) is 9.55 Å². The normalized spacial score (nSPS) is 23.9. The molecule has 2 atom stereocenters. The quantitative estimate of drug-likeness (QED) is 0.559. The second kappa shape index (κ2) is 5.72. The molecule has 20 heavy (non-hydrogen) atoms. The van der Waals surface area contributed by atoms with E-state index in [4.69, 9.17) is 11.6 Å². The topological polar surface area (TPSA) is 17.8 Å². The Morgan fingerprint density at radius 2 is 2.15 bits per heavy atom. The Morgan fingerprint density at radius 3 is 2.95 bits per heavy atom. The van der Waals surface area contributed by atoms with E-state index in [0.29, 0.717) is 17.4 Å². The minimum absolute atomic E-state index is 0.255. The summed E-state index contributed by atoms with van der Waals surface area (Å²) in [6.45, 7) is 2.32. The Hall–Kier alpha value is -1.09. The third-order valence-electron chi connectivity index (χ3n) is 4.46. The predicted octanol–water partition coefficient (Wildman–Crippen LogP) is 5.06. The van der Waals surface area contributed by atoms with E-state index in [1.807, 2.05) is 6.07 Å². The van der Waals surface area contributed by atoms with Crippen LogP contribution >= 0.6 is 11.6 Å². The van der Waals surface area contributed by atoms with E-state index in [9.17, 15) is 4.39 Å². The second-order valence-electron chi connectivity index (χ2n) is 5.91. The highest BCUT2D eigenvalue weighted by Crippen LogP contribution is 2.34. The van der Waals surface area contributed by atoms with E-state index in [0.717, 1.165) is 30.1 Å². The molecule has 1 heterocycles. The van der Waals surface area contributed by atoms with Crippen molar-refractivity contribution in [1.29, 1.82) is 0 Å². The zero-order valence-electron chi connectivity index (χ0n) is 11.8. The van der Waals surface area contributed by atoms with Gasteiger partial charge in [0.1, 0.15) is 11.3 Å². The van der Waals surface area contributed by atoms with E-state index in [-0.39, 0.29) is 5.82 Å². The van der Waals surface area contributed by atoms with Gasteiger partial charge in [0.25, 0.3) is 0 Å². The molecular formula is C16H20ClFN2. The lowest BCUT2D eigenvalue weighted by Gasteiger charge is -2.19. The molecule has 0 radical (unpaired) electrons. The van der Waals surface area contributed by atoms with Crippen LogP contribution < -0.4 is 0 Å². The minimum atomic E-state index is -0.255. The Bertz CT molecular complexity index is 608. The summed E-state index contributed by atoms with van der Waals surface area (Å²) in [6.07, 6.45) is 6.00. The van der Waals surface area contributed by atoms with Gasteiger partial charge in [-0.2, -0.15) is 0 Å². The smallest absolute Gasteiger partial charge is 0.151 e. The monoisotopic (exact) mass is 294 g/mol. The maximum Gasteiger partial charge on any atom is 0.151 e. The standard InChI is InChI=1S/C16H20ClFN2/c1-11-4-2-5-12(9-8-11)20-14-7-3-6-13(18)16(14)19-15(20)10-17/h3,6-7,11-12H,2,4-5,8-10H2,1H3.